The first kappa shape index (κ1) is 10.6. The summed E-state index contributed by atoms with van der Waals surface area (Å²) < 4.78 is 0. The van der Waals surface area contributed by atoms with E-state index >= 15 is 0 Å². The van der Waals surface area contributed by atoms with Gasteiger partial charge in [-0.1, -0.05) is 30.3 Å². The van der Waals surface area contributed by atoms with Crippen LogP contribution in [0.1, 0.15) is 18.9 Å². The highest BCUT2D eigenvalue weighted by molar-refractivity contribution is 5.80. The van der Waals surface area contributed by atoms with Crippen LogP contribution < -0.4 is 0 Å². The van der Waals surface area contributed by atoms with Crippen molar-refractivity contribution in [2.45, 2.75) is 19.8 Å². The molecular formula is C12H14O2. The van der Waals surface area contributed by atoms with Crippen LogP contribution in [0.4, 0.5) is 0 Å². The Bertz CT molecular complexity index is 303. The maximum absolute atomic E-state index is 11.2. The average molecular weight is 190 g/mol. The number of rotatable bonds is 5. The first-order chi connectivity index (χ1) is 6.74. The summed E-state index contributed by atoms with van der Waals surface area (Å²) in [6.07, 6.45) is 1.80. The molecule has 1 rings (SSSR count). The van der Waals surface area contributed by atoms with Gasteiger partial charge < -0.3 is 4.79 Å². The highest BCUT2D eigenvalue weighted by atomic mass is 16.1. The molecule has 0 saturated heterocycles. The lowest BCUT2D eigenvalue weighted by Gasteiger charge is -2.09. The third-order valence-corrected chi connectivity index (χ3v) is 2.28. The topological polar surface area (TPSA) is 34.1 Å². The summed E-state index contributed by atoms with van der Waals surface area (Å²) in [7, 11) is 0. The highest BCUT2D eigenvalue weighted by Crippen LogP contribution is 2.12. The Morgan fingerprint density at radius 2 is 2.00 bits per heavy atom. The zero-order valence-electron chi connectivity index (χ0n) is 8.27. The minimum atomic E-state index is -0.158. The average Bonchev–Trinajstić information content (AvgIpc) is 2.18. The molecule has 0 fully saturated rings. The molecule has 0 amide bonds. The predicted molar refractivity (Wildman–Crippen MR) is 55.0 cm³/mol. The summed E-state index contributed by atoms with van der Waals surface area (Å²) in [6, 6.07) is 9.76. The van der Waals surface area contributed by atoms with Crippen LogP contribution in [0.25, 0.3) is 0 Å². The lowest BCUT2D eigenvalue weighted by molar-refractivity contribution is -0.123. The van der Waals surface area contributed by atoms with Gasteiger partial charge in [0.15, 0.2) is 0 Å². The summed E-state index contributed by atoms with van der Waals surface area (Å²) in [5.41, 5.74) is 1.11. The van der Waals surface area contributed by atoms with Crippen LogP contribution in [0.3, 0.4) is 0 Å². The zero-order valence-corrected chi connectivity index (χ0v) is 8.27. The second kappa shape index (κ2) is 5.32. The van der Waals surface area contributed by atoms with Crippen molar-refractivity contribution in [2.24, 2.45) is 5.92 Å². The van der Waals surface area contributed by atoms with Crippen LogP contribution in [0.15, 0.2) is 30.3 Å². The number of hydrogen-bond donors (Lipinski definition) is 0. The Balaban J connectivity index is 2.64. The van der Waals surface area contributed by atoms with Gasteiger partial charge in [0.05, 0.1) is 0 Å². The Labute approximate surface area is 83.9 Å². The van der Waals surface area contributed by atoms with Crippen molar-refractivity contribution >= 4 is 12.1 Å². The summed E-state index contributed by atoms with van der Waals surface area (Å²) in [4.78, 5) is 21.5. The second-order valence-electron chi connectivity index (χ2n) is 3.40. The van der Waals surface area contributed by atoms with Gasteiger partial charge in [-0.2, -0.15) is 0 Å². The minimum Gasteiger partial charge on any atom is -0.303 e. The van der Waals surface area contributed by atoms with Gasteiger partial charge in [0.25, 0.3) is 0 Å². The molecule has 0 bridgehead atoms. The first-order valence-corrected chi connectivity index (χ1v) is 4.72. The molecule has 0 spiro atoms. The molecule has 0 N–H and O–H groups in total. The molecule has 2 heteroatoms. The van der Waals surface area contributed by atoms with Crippen molar-refractivity contribution in [3.05, 3.63) is 35.9 Å². The molecule has 0 aliphatic carbocycles. The highest BCUT2D eigenvalue weighted by Gasteiger charge is 2.13. The van der Waals surface area contributed by atoms with Crippen molar-refractivity contribution in [3.8, 4) is 0 Å². The fourth-order valence-corrected chi connectivity index (χ4v) is 1.41. The van der Waals surface area contributed by atoms with Gasteiger partial charge >= 0.3 is 0 Å². The van der Waals surface area contributed by atoms with E-state index in [1.54, 1.807) is 0 Å². The standard InChI is InChI=1S/C12H14O2/c1-10(14)12(7-8-13)9-11-5-3-2-4-6-11/h2-6,8,12H,7,9H2,1H3/t12-/m0/s1. The van der Waals surface area contributed by atoms with Gasteiger partial charge in [0, 0.05) is 12.3 Å². The molecule has 0 saturated carbocycles. The van der Waals surface area contributed by atoms with Crippen molar-refractivity contribution < 1.29 is 9.59 Å². The maximum Gasteiger partial charge on any atom is 0.133 e. The molecule has 0 aliphatic rings. The molecule has 2 nitrogen and oxygen atoms in total. The number of benzene rings is 1. The van der Waals surface area contributed by atoms with E-state index in [0.717, 1.165) is 11.8 Å². The maximum atomic E-state index is 11.2. The van der Waals surface area contributed by atoms with Gasteiger partial charge in [0.2, 0.25) is 0 Å². The fraction of sp³-hybridized carbons (Fsp3) is 0.333. The van der Waals surface area contributed by atoms with E-state index in [1.165, 1.54) is 6.92 Å². The van der Waals surface area contributed by atoms with E-state index < -0.39 is 0 Å². The normalized spacial score (nSPS) is 12.1. The quantitative estimate of drug-likeness (QED) is 0.666. The van der Waals surface area contributed by atoms with Crippen LogP contribution in [0, 0.1) is 5.92 Å². The third-order valence-electron chi connectivity index (χ3n) is 2.28. The largest absolute Gasteiger partial charge is 0.303 e. The molecule has 1 aromatic carbocycles. The summed E-state index contributed by atoms with van der Waals surface area (Å²) in [5.74, 6) is -0.0733. The monoisotopic (exact) mass is 190 g/mol. The van der Waals surface area contributed by atoms with Crippen molar-refractivity contribution in [2.75, 3.05) is 0 Å². The molecule has 0 radical (unpaired) electrons. The van der Waals surface area contributed by atoms with Gasteiger partial charge in [-0.15, -0.1) is 0 Å². The number of carbonyl (C=O) groups excluding carboxylic acids is 2. The number of hydrogen-bond acceptors (Lipinski definition) is 2. The Hall–Kier alpha value is -1.44. The van der Waals surface area contributed by atoms with Crippen LogP contribution in [-0.4, -0.2) is 12.1 Å². The van der Waals surface area contributed by atoms with Gasteiger partial charge in [-0.3, -0.25) is 4.79 Å². The molecule has 0 aromatic heterocycles. The van der Waals surface area contributed by atoms with Gasteiger partial charge in [-0.05, 0) is 18.9 Å². The van der Waals surface area contributed by atoms with Crippen molar-refractivity contribution in [1.29, 1.82) is 0 Å². The fourth-order valence-electron chi connectivity index (χ4n) is 1.41. The van der Waals surface area contributed by atoms with Crippen LogP contribution in [-0.2, 0) is 16.0 Å². The van der Waals surface area contributed by atoms with Crippen molar-refractivity contribution in [3.63, 3.8) is 0 Å². The molecule has 0 heterocycles. The molecule has 14 heavy (non-hydrogen) atoms. The Kier molecular flexibility index (Phi) is 4.05. The molecule has 1 aromatic rings. The summed E-state index contributed by atoms with van der Waals surface area (Å²) >= 11 is 0. The van der Waals surface area contributed by atoms with Crippen molar-refractivity contribution in [1.82, 2.24) is 0 Å². The zero-order chi connectivity index (χ0) is 10.4. The first-order valence-electron chi connectivity index (χ1n) is 4.72. The van der Waals surface area contributed by atoms with Crippen LogP contribution in [0.2, 0.25) is 0 Å². The van der Waals surface area contributed by atoms with E-state index in [9.17, 15) is 9.59 Å². The minimum absolute atomic E-state index is 0.0842. The van der Waals surface area contributed by atoms with E-state index in [4.69, 9.17) is 0 Å². The molecule has 1 atom stereocenters. The lowest BCUT2D eigenvalue weighted by Crippen LogP contribution is -2.14. The Morgan fingerprint density at radius 1 is 1.36 bits per heavy atom. The van der Waals surface area contributed by atoms with E-state index in [-0.39, 0.29) is 11.7 Å². The van der Waals surface area contributed by atoms with E-state index in [1.807, 2.05) is 30.3 Å². The van der Waals surface area contributed by atoms with Gasteiger partial charge in [-0.25, -0.2) is 0 Å². The number of ketones is 1. The lowest BCUT2D eigenvalue weighted by atomic mass is 9.93. The molecule has 0 unspecified atom stereocenters. The summed E-state index contributed by atoms with van der Waals surface area (Å²) in [6.45, 7) is 1.54. The van der Waals surface area contributed by atoms with Gasteiger partial charge in [0.1, 0.15) is 12.1 Å². The predicted octanol–water partition coefficient (Wildman–Crippen LogP) is 2.02. The molecule has 74 valence electrons. The molecule has 0 aliphatic heterocycles. The SMILES string of the molecule is CC(=O)[C@@H](CC=O)Cc1ccccc1. The van der Waals surface area contributed by atoms with Crippen LogP contribution >= 0.6 is 0 Å². The number of aldehydes is 1. The van der Waals surface area contributed by atoms with E-state index in [2.05, 4.69) is 0 Å². The number of Topliss-reactive ketones (excluding diaryl/α,β-unsaturated/α-hetero) is 1. The number of carbonyl (C=O) groups is 2. The van der Waals surface area contributed by atoms with E-state index in [0.29, 0.717) is 12.8 Å². The smallest absolute Gasteiger partial charge is 0.133 e. The van der Waals surface area contributed by atoms with Crippen LogP contribution in [0.5, 0.6) is 0 Å². The summed E-state index contributed by atoms with van der Waals surface area (Å²) in [5, 5.41) is 0. The second-order valence-corrected chi connectivity index (χ2v) is 3.40. The Morgan fingerprint density at radius 3 is 2.50 bits per heavy atom. The third kappa shape index (κ3) is 3.13. The molecular weight excluding hydrogens is 176 g/mol.